The van der Waals surface area contributed by atoms with Gasteiger partial charge >= 0.3 is 6.03 Å². The van der Waals surface area contributed by atoms with Crippen molar-refractivity contribution in [2.75, 3.05) is 13.1 Å². The molecule has 0 aromatic carbocycles. The third kappa shape index (κ3) is 0.254. The fraction of sp³-hybridized carbons (Fsp3) is 0.667. The predicted molar refractivity (Wildman–Crippen MR) is 27.0 cm³/mol. The Bertz CT molecular complexity index is 148. The average molecular weight is 132 g/mol. The third-order valence-corrected chi connectivity index (χ3v) is 2.74. The minimum absolute atomic E-state index is 0.0802. The molecule has 4 nitrogen and oxygen atoms in total. The zero-order chi connectivity index (χ0) is 5.72. The van der Waals surface area contributed by atoms with Crippen LogP contribution >= 0.6 is 0 Å². The van der Waals surface area contributed by atoms with Crippen molar-refractivity contribution in [1.82, 2.24) is 8.61 Å². The summed E-state index contributed by atoms with van der Waals surface area (Å²) in [5, 5.41) is 0. The van der Waals surface area contributed by atoms with Crippen LogP contribution in [0.25, 0.3) is 0 Å². The molecule has 2 bridgehead atoms. The fourth-order valence-electron chi connectivity index (χ4n) is 0.873. The summed E-state index contributed by atoms with van der Waals surface area (Å²) in [7, 11) is 0. The van der Waals surface area contributed by atoms with Gasteiger partial charge in [0, 0.05) is 0 Å². The summed E-state index contributed by atoms with van der Waals surface area (Å²) in [6.07, 6.45) is 0. The van der Waals surface area contributed by atoms with Crippen molar-refractivity contribution in [1.29, 1.82) is 0 Å². The van der Waals surface area contributed by atoms with Gasteiger partial charge in [-0.2, -0.15) is 0 Å². The lowest BCUT2D eigenvalue weighted by atomic mass is 10.7. The SMILES string of the molecule is O=C1N2CCN1S2=O. The second-order valence-corrected chi connectivity index (χ2v) is 3.06. The molecule has 3 rings (SSSR count). The topological polar surface area (TPSA) is 40.6 Å². The van der Waals surface area contributed by atoms with Crippen LogP contribution in [-0.4, -0.2) is 31.9 Å². The molecule has 0 aliphatic carbocycles. The van der Waals surface area contributed by atoms with Crippen molar-refractivity contribution in [3.05, 3.63) is 0 Å². The molecule has 3 heterocycles. The number of nitrogens with zero attached hydrogens (tertiary/aromatic N) is 2. The highest BCUT2D eigenvalue weighted by molar-refractivity contribution is 7.83. The molecule has 3 fully saturated rings. The summed E-state index contributed by atoms with van der Waals surface area (Å²) >= 11 is -1.08. The van der Waals surface area contributed by atoms with E-state index in [1.807, 2.05) is 0 Å². The first-order chi connectivity index (χ1) is 3.80. The van der Waals surface area contributed by atoms with Crippen LogP contribution in [0, 0.1) is 0 Å². The van der Waals surface area contributed by atoms with E-state index < -0.39 is 11.2 Å². The summed E-state index contributed by atoms with van der Waals surface area (Å²) in [5.41, 5.74) is 0. The number of carbonyl (C=O) groups excluding carboxylic acids is 1. The standard InChI is InChI=1S/C3H4N2O2S/c6-3-4-1-2-5(3)8(4)7/h1-2H2. The van der Waals surface area contributed by atoms with Gasteiger partial charge in [-0.1, -0.05) is 0 Å². The molecule has 0 saturated carbocycles. The first kappa shape index (κ1) is 4.31. The molecular formula is C3H4N2O2S. The van der Waals surface area contributed by atoms with Gasteiger partial charge in [-0.15, -0.1) is 0 Å². The van der Waals surface area contributed by atoms with Crippen molar-refractivity contribution in [3.8, 4) is 0 Å². The molecule has 44 valence electrons. The summed E-state index contributed by atoms with van der Waals surface area (Å²) in [4.78, 5) is 10.5. The molecule has 5 heteroatoms. The molecule has 8 heavy (non-hydrogen) atoms. The average Bonchev–Trinajstić information content (AvgIpc) is 2.26. The van der Waals surface area contributed by atoms with Crippen LogP contribution in [0.3, 0.4) is 0 Å². The quantitative estimate of drug-likeness (QED) is 0.438. The van der Waals surface area contributed by atoms with Crippen molar-refractivity contribution in [2.45, 2.75) is 0 Å². The van der Waals surface area contributed by atoms with E-state index in [9.17, 15) is 9.00 Å². The lowest BCUT2D eigenvalue weighted by molar-refractivity contribution is 0.214. The van der Waals surface area contributed by atoms with E-state index in [0.717, 1.165) is 0 Å². The molecule has 0 aromatic rings. The second kappa shape index (κ2) is 1.05. The van der Waals surface area contributed by atoms with Gasteiger partial charge in [-0.05, 0) is 0 Å². The van der Waals surface area contributed by atoms with Gasteiger partial charge in [0.15, 0.2) is 0 Å². The molecule has 0 radical (unpaired) electrons. The summed E-state index contributed by atoms with van der Waals surface area (Å²) in [5.74, 6) is 0. The van der Waals surface area contributed by atoms with E-state index in [4.69, 9.17) is 0 Å². The summed E-state index contributed by atoms with van der Waals surface area (Å²) in [6.45, 7) is 1.29. The molecule has 3 saturated heterocycles. The normalized spacial score (nSPS) is 26.8. The molecule has 0 N–H and O–H groups in total. The lowest BCUT2D eigenvalue weighted by Gasteiger charge is -2.26. The Hall–Kier alpha value is -0.580. The molecule has 0 spiro atoms. The molecule has 0 aromatic heterocycles. The Kier molecular flexibility index (Phi) is 0.565. The van der Waals surface area contributed by atoms with Gasteiger partial charge in [0.1, 0.15) is 0 Å². The van der Waals surface area contributed by atoms with Gasteiger partial charge in [-0.25, -0.2) is 17.6 Å². The van der Waals surface area contributed by atoms with Crippen LogP contribution in [0.5, 0.6) is 0 Å². The Labute approximate surface area is 48.8 Å². The van der Waals surface area contributed by atoms with E-state index in [1.54, 1.807) is 0 Å². The highest BCUT2D eigenvalue weighted by atomic mass is 32.2. The van der Waals surface area contributed by atoms with Crippen molar-refractivity contribution >= 4 is 17.2 Å². The number of fused-ring (bicyclic) bond motifs is 1. The molecule has 0 unspecified atom stereocenters. The van der Waals surface area contributed by atoms with E-state index in [0.29, 0.717) is 13.1 Å². The number of hydrogen-bond acceptors (Lipinski definition) is 2. The van der Waals surface area contributed by atoms with Crippen LogP contribution in [-0.2, 0) is 11.2 Å². The van der Waals surface area contributed by atoms with E-state index >= 15 is 0 Å². The van der Waals surface area contributed by atoms with Gasteiger partial charge in [0.25, 0.3) is 0 Å². The maximum atomic E-state index is 10.6. The first-order valence-electron chi connectivity index (χ1n) is 2.32. The minimum Gasteiger partial charge on any atom is -0.246 e. The highest BCUT2D eigenvalue weighted by Crippen LogP contribution is 2.25. The maximum absolute atomic E-state index is 10.6. The highest BCUT2D eigenvalue weighted by Gasteiger charge is 2.48. The zero-order valence-corrected chi connectivity index (χ0v) is 4.85. The van der Waals surface area contributed by atoms with Gasteiger partial charge in [0.2, 0.25) is 11.2 Å². The Morgan fingerprint density at radius 1 is 1.38 bits per heavy atom. The summed E-state index contributed by atoms with van der Waals surface area (Å²) in [6, 6.07) is -0.0802. The number of hydrogen-bond donors (Lipinski definition) is 0. The summed E-state index contributed by atoms with van der Waals surface area (Å²) < 4.78 is 13.3. The fourth-order valence-corrected chi connectivity index (χ4v) is 1.94. The molecule has 0 atom stereocenters. The van der Waals surface area contributed by atoms with E-state index in [2.05, 4.69) is 0 Å². The monoisotopic (exact) mass is 132 g/mol. The smallest absolute Gasteiger partial charge is 0.246 e. The van der Waals surface area contributed by atoms with E-state index in [-0.39, 0.29) is 6.03 Å². The van der Waals surface area contributed by atoms with Gasteiger partial charge in [0.05, 0.1) is 13.1 Å². The molecule has 2 amide bonds. The van der Waals surface area contributed by atoms with Crippen LogP contribution in [0.15, 0.2) is 0 Å². The largest absolute Gasteiger partial charge is 0.346 e. The Balaban J connectivity index is 2.38. The molecular weight excluding hydrogens is 128 g/mol. The third-order valence-electron chi connectivity index (χ3n) is 1.31. The molecule has 3 aliphatic rings. The predicted octanol–water partition coefficient (Wildman–Crippen LogP) is -0.684. The van der Waals surface area contributed by atoms with Gasteiger partial charge < -0.3 is 0 Å². The van der Waals surface area contributed by atoms with E-state index in [1.165, 1.54) is 8.61 Å². The van der Waals surface area contributed by atoms with Gasteiger partial charge in [-0.3, -0.25) is 0 Å². The maximum Gasteiger partial charge on any atom is 0.346 e. The first-order valence-corrected chi connectivity index (χ1v) is 3.38. The van der Waals surface area contributed by atoms with Crippen molar-refractivity contribution in [3.63, 3.8) is 0 Å². The van der Waals surface area contributed by atoms with Crippen LogP contribution in [0.4, 0.5) is 4.79 Å². The van der Waals surface area contributed by atoms with Crippen LogP contribution in [0.2, 0.25) is 0 Å². The Morgan fingerprint density at radius 2 is 1.88 bits per heavy atom. The Morgan fingerprint density at radius 3 is 2.00 bits per heavy atom. The van der Waals surface area contributed by atoms with Crippen molar-refractivity contribution in [2.24, 2.45) is 0 Å². The number of urea groups is 1. The second-order valence-electron chi connectivity index (χ2n) is 1.72. The van der Waals surface area contributed by atoms with Crippen LogP contribution in [0.1, 0.15) is 0 Å². The van der Waals surface area contributed by atoms with Crippen molar-refractivity contribution < 1.29 is 9.00 Å². The molecule has 3 aliphatic heterocycles. The zero-order valence-electron chi connectivity index (χ0n) is 4.03. The number of rotatable bonds is 0. The number of amides is 2. The minimum atomic E-state index is -1.08. The lowest BCUT2D eigenvalue weighted by Crippen LogP contribution is -2.49. The van der Waals surface area contributed by atoms with Crippen LogP contribution < -0.4 is 0 Å². The number of carbonyl (C=O) groups is 1.